The van der Waals surface area contributed by atoms with Crippen LogP contribution in [0.1, 0.15) is 39.5 Å². The SMILES string of the molecule is CCCC(C)N(C)S(=O)(=O)c1cnn(CCNC2CC2)c1. The topological polar surface area (TPSA) is 67.2 Å². The molecule has 1 aromatic heterocycles. The van der Waals surface area contributed by atoms with Crippen LogP contribution in [0.25, 0.3) is 0 Å². The third-order valence-corrected chi connectivity index (χ3v) is 5.89. The summed E-state index contributed by atoms with van der Waals surface area (Å²) in [5.74, 6) is 0. The Kier molecular flexibility index (Phi) is 5.40. The van der Waals surface area contributed by atoms with E-state index in [0.717, 1.165) is 19.4 Å². The van der Waals surface area contributed by atoms with Crippen molar-refractivity contribution in [2.75, 3.05) is 13.6 Å². The van der Waals surface area contributed by atoms with Gasteiger partial charge in [-0.2, -0.15) is 9.40 Å². The van der Waals surface area contributed by atoms with Crippen molar-refractivity contribution in [1.29, 1.82) is 0 Å². The summed E-state index contributed by atoms with van der Waals surface area (Å²) in [5.41, 5.74) is 0. The summed E-state index contributed by atoms with van der Waals surface area (Å²) in [6.45, 7) is 5.51. The van der Waals surface area contributed by atoms with Crippen LogP contribution in [0.2, 0.25) is 0 Å². The molecular weight excluding hydrogens is 288 g/mol. The molecule has 0 radical (unpaired) electrons. The lowest BCUT2D eigenvalue weighted by molar-refractivity contribution is 0.368. The summed E-state index contributed by atoms with van der Waals surface area (Å²) in [6.07, 6.45) is 7.39. The minimum atomic E-state index is -3.44. The molecule has 1 aromatic rings. The molecule has 0 aromatic carbocycles. The van der Waals surface area contributed by atoms with Gasteiger partial charge in [0.2, 0.25) is 10.0 Å². The van der Waals surface area contributed by atoms with Crippen molar-refractivity contribution in [2.45, 2.75) is 63.1 Å². The Labute approximate surface area is 127 Å². The van der Waals surface area contributed by atoms with E-state index in [9.17, 15) is 8.42 Å². The first-order chi connectivity index (χ1) is 9.95. The Morgan fingerprint density at radius 2 is 2.24 bits per heavy atom. The molecule has 6 nitrogen and oxygen atoms in total. The summed E-state index contributed by atoms with van der Waals surface area (Å²) in [4.78, 5) is 0.277. The molecule has 0 saturated heterocycles. The Bertz CT molecular complexity index is 551. The maximum absolute atomic E-state index is 12.5. The fourth-order valence-electron chi connectivity index (χ4n) is 2.27. The zero-order valence-corrected chi connectivity index (χ0v) is 13.9. The standard InChI is InChI=1S/C14H26N4O2S/c1-4-5-12(2)17(3)21(19,20)14-10-16-18(11-14)9-8-15-13-6-7-13/h10-13,15H,4-9H2,1-3H3. The lowest BCUT2D eigenvalue weighted by atomic mass is 10.2. The third kappa shape index (κ3) is 4.28. The van der Waals surface area contributed by atoms with E-state index in [1.807, 2.05) is 6.92 Å². The summed E-state index contributed by atoms with van der Waals surface area (Å²) in [6, 6.07) is 0.657. The number of sulfonamides is 1. The molecule has 1 aliphatic rings. The van der Waals surface area contributed by atoms with Gasteiger partial charge in [-0.3, -0.25) is 4.68 Å². The predicted octanol–water partition coefficient (Wildman–Crippen LogP) is 1.44. The van der Waals surface area contributed by atoms with E-state index in [1.54, 1.807) is 17.9 Å². The van der Waals surface area contributed by atoms with Gasteiger partial charge in [-0.05, 0) is 26.2 Å². The van der Waals surface area contributed by atoms with Crippen molar-refractivity contribution in [2.24, 2.45) is 0 Å². The highest BCUT2D eigenvalue weighted by atomic mass is 32.2. The second-order valence-corrected chi connectivity index (χ2v) is 7.82. The number of aromatic nitrogens is 2. The van der Waals surface area contributed by atoms with Crippen LogP contribution in [0.5, 0.6) is 0 Å². The van der Waals surface area contributed by atoms with Gasteiger partial charge in [0.15, 0.2) is 0 Å². The Hall–Kier alpha value is -0.920. The van der Waals surface area contributed by atoms with Crippen molar-refractivity contribution < 1.29 is 8.42 Å². The number of rotatable bonds is 9. The van der Waals surface area contributed by atoms with Crippen LogP contribution in [-0.2, 0) is 16.6 Å². The second-order valence-electron chi connectivity index (χ2n) is 5.83. The molecule has 7 heteroatoms. The lowest BCUT2D eigenvalue weighted by Gasteiger charge is -2.23. The lowest BCUT2D eigenvalue weighted by Crippen LogP contribution is -2.34. The molecule has 2 rings (SSSR count). The molecule has 0 aliphatic heterocycles. The van der Waals surface area contributed by atoms with E-state index >= 15 is 0 Å². The van der Waals surface area contributed by atoms with Crippen LogP contribution in [0, 0.1) is 0 Å². The Morgan fingerprint density at radius 1 is 1.52 bits per heavy atom. The quantitative estimate of drug-likeness (QED) is 0.749. The minimum absolute atomic E-state index is 0.000108. The van der Waals surface area contributed by atoms with E-state index in [-0.39, 0.29) is 10.9 Å². The van der Waals surface area contributed by atoms with E-state index in [1.165, 1.54) is 23.3 Å². The van der Waals surface area contributed by atoms with Gasteiger partial charge in [0.05, 0.1) is 12.7 Å². The highest BCUT2D eigenvalue weighted by Gasteiger charge is 2.26. The maximum atomic E-state index is 12.5. The van der Waals surface area contributed by atoms with Gasteiger partial charge in [-0.15, -0.1) is 0 Å². The van der Waals surface area contributed by atoms with Gasteiger partial charge in [0.25, 0.3) is 0 Å². The zero-order valence-electron chi connectivity index (χ0n) is 13.1. The van der Waals surface area contributed by atoms with Crippen LogP contribution in [0.15, 0.2) is 17.3 Å². The Balaban J connectivity index is 1.97. The third-order valence-electron chi connectivity index (χ3n) is 3.96. The molecule has 1 atom stereocenters. The average molecular weight is 314 g/mol. The van der Waals surface area contributed by atoms with Crippen molar-refractivity contribution in [3.8, 4) is 0 Å². The molecule has 1 saturated carbocycles. The summed E-state index contributed by atoms with van der Waals surface area (Å²) in [5, 5.41) is 7.55. The van der Waals surface area contributed by atoms with Crippen molar-refractivity contribution in [3.63, 3.8) is 0 Å². The van der Waals surface area contributed by atoms with Gasteiger partial charge in [-0.25, -0.2) is 8.42 Å². The minimum Gasteiger partial charge on any atom is -0.312 e. The molecule has 1 unspecified atom stereocenters. The van der Waals surface area contributed by atoms with Crippen LogP contribution in [0.4, 0.5) is 0 Å². The van der Waals surface area contributed by atoms with Crippen LogP contribution < -0.4 is 5.32 Å². The summed E-state index contributed by atoms with van der Waals surface area (Å²) >= 11 is 0. The van der Waals surface area contributed by atoms with Crippen LogP contribution in [-0.4, -0.2) is 48.2 Å². The molecule has 1 N–H and O–H groups in total. The number of nitrogens with zero attached hydrogens (tertiary/aromatic N) is 3. The van der Waals surface area contributed by atoms with E-state index in [0.29, 0.717) is 12.6 Å². The van der Waals surface area contributed by atoms with Crippen molar-refractivity contribution >= 4 is 10.0 Å². The number of hydrogen-bond donors (Lipinski definition) is 1. The summed E-state index contributed by atoms with van der Waals surface area (Å²) < 4.78 is 28.2. The normalized spacial score (nSPS) is 17.3. The average Bonchev–Trinajstić information content (AvgIpc) is 3.13. The first-order valence-corrected chi connectivity index (χ1v) is 9.13. The first-order valence-electron chi connectivity index (χ1n) is 7.69. The molecule has 21 heavy (non-hydrogen) atoms. The van der Waals surface area contributed by atoms with Crippen molar-refractivity contribution in [3.05, 3.63) is 12.4 Å². The van der Waals surface area contributed by atoms with Crippen LogP contribution >= 0.6 is 0 Å². The van der Waals surface area contributed by atoms with E-state index < -0.39 is 10.0 Å². The van der Waals surface area contributed by atoms with Gasteiger partial charge < -0.3 is 5.32 Å². The molecule has 0 amide bonds. The summed E-state index contributed by atoms with van der Waals surface area (Å²) in [7, 11) is -1.80. The second kappa shape index (κ2) is 6.89. The van der Waals surface area contributed by atoms with Gasteiger partial charge >= 0.3 is 0 Å². The van der Waals surface area contributed by atoms with Gasteiger partial charge in [0, 0.05) is 31.9 Å². The molecule has 0 bridgehead atoms. The van der Waals surface area contributed by atoms with E-state index in [2.05, 4.69) is 17.3 Å². The zero-order chi connectivity index (χ0) is 15.5. The smallest absolute Gasteiger partial charge is 0.246 e. The molecule has 1 aliphatic carbocycles. The molecular formula is C14H26N4O2S. The number of nitrogens with one attached hydrogen (secondary N) is 1. The fourth-order valence-corrected chi connectivity index (χ4v) is 3.62. The van der Waals surface area contributed by atoms with E-state index in [4.69, 9.17) is 0 Å². The first kappa shape index (κ1) is 16.5. The van der Waals surface area contributed by atoms with Gasteiger partial charge in [0.1, 0.15) is 4.90 Å². The molecule has 1 fully saturated rings. The molecule has 0 spiro atoms. The highest BCUT2D eigenvalue weighted by Crippen LogP contribution is 2.19. The monoisotopic (exact) mass is 314 g/mol. The van der Waals surface area contributed by atoms with Crippen LogP contribution in [0.3, 0.4) is 0 Å². The largest absolute Gasteiger partial charge is 0.312 e. The predicted molar refractivity (Wildman–Crippen MR) is 82.6 cm³/mol. The highest BCUT2D eigenvalue weighted by molar-refractivity contribution is 7.89. The number of hydrogen-bond acceptors (Lipinski definition) is 4. The molecule has 1 heterocycles. The van der Waals surface area contributed by atoms with Gasteiger partial charge in [-0.1, -0.05) is 13.3 Å². The van der Waals surface area contributed by atoms with Crippen molar-refractivity contribution in [1.82, 2.24) is 19.4 Å². The Morgan fingerprint density at radius 3 is 2.86 bits per heavy atom. The molecule has 120 valence electrons. The maximum Gasteiger partial charge on any atom is 0.246 e. The fraction of sp³-hybridized carbons (Fsp3) is 0.786.